The highest BCUT2D eigenvalue weighted by atomic mass is 16.2. The van der Waals surface area contributed by atoms with E-state index in [4.69, 9.17) is 0 Å². The fourth-order valence-electron chi connectivity index (χ4n) is 2.36. The first-order valence-corrected chi connectivity index (χ1v) is 7.04. The van der Waals surface area contributed by atoms with Crippen LogP contribution >= 0.6 is 0 Å². The lowest BCUT2D eigenvalue weighted by molar-refractivity contribution is -0.121. The van der Waals surface area contributed by atoms with E-state index in [2.05, 4.69) is 10.6 Å². The number of rotatable bonds is 3. The molecule has 1 atom stereocenters. The quantitative estimate of drug-likeness (QED) is 0.883. The molecule has 0 aromatic heterocycles. The number of nitrogens with one attached hydrogen (secondary N) is 2. The van der Waals surface area contributed by atoms with Gasteiger partial charge in [-0.2, -0.15) is 0 Å². The third-order valence-corrected chi connectivity index (χ3v) is 3.43. The lowest BCUT2D eigenvalue weighted by Gasteiger charge is -2.32. The zero-order valence-electron chi connectivity index (χ0n) is 12.0. The number of hydrogen-bond acceptors (Lipinski definition) is 2. The fraction of sp³-hybridized carbons (Fsp3) is 0.467. The Morgan fingerprint density at radius 2 is 2.05 bits per heavy atom. The Balaban J connectivity index is 2.06. The molecule has 2 rings (SSSR count). The summed E-state index contributed by atoms with van der Waals surface area (Å²) in [5, 5.41) is 5.39. The summed E-state index contributed by atoms with van der Waals surface area (Å²) in [4.78, 5) is 25.7. The van der Waals surface area contributed by atoms with Gasteiger partial charge in [0.1, 0.15) is 6.04 Å². The average Bonchev–Trinajstić information content (AvgIpc) is 2.43. The van der Waals surface area contributed by atoms with Crippen LogP contribution in [0.5, 0.6) is 0 Å². The lowest BCUT2D eigenvalue weighted by Crippen LogP contribution is -2.54. The zero-order valence-corrected chi connectivity index (χ0v) is 12.0. The first-order valence-electron chi connectivity index (χ1n) is 7.04. The van der Waals surface area contributed by atoms with Crippen molar-refractivity contribution in [1.82, 2.24) is 10.6 Å². The Labute approximate surface area is 119 Å². The SMILES string of the molecule is CCNC(=O)N[C@H]1CCCN(c2ccc(C)cc2)C1=O. The number of piperidine rings is 1. The fourth-order valence-corrected chi connectivity index (χ4v) is 2.36. The van der Waals surface area contributed by atoms with Gasteiger partial charge in [0.2, 0.25) is 5.91 Å². The molecule has 3 amide bonds. The maximum Gasteiger partial charge on any atom is 0.315 e. The van der Waals surface area contributed by atoms with Crippen molar-refractivity contribution in [1.29, 1.82) is 0 Å². The van der Waals surface area contributed by atoms with Gasteiger partial charge in [-0.1, -0.05) is 17.7 Å². The number of benzene rings is 1. The minimum Gasteiger partial charge on any atom is -0.338 e. The molecule has 5 heteroatoms. The van der Waals surface area contributed by atoms with Crippen LogP contribution < -0.4 is 15.5 Å². The van der Waals surface area contributed by atoms with E-state index < -0.39 is 6.04 Å². The van der Waals surface area contributed by atoms with Gasteiger partial charge in [-0.25, -0.2) is 4.79 Å². The molecule has 1 heterocycles. The number of hydrogen-bond donors (Lipinski definition) is 2. The van der Waals surface area contributed by atoms with Gasteiger partial charge < -0.3 is 15.5 Å². The van der Waals surface area contributed by atoms with Crippen LogP contribution in [0, 0.1) is 6.92 Å². The van der Waals surface area contributed by atoms with Crippen molar-refractivity contribution in [2.24, 2.45) is 0 Å². The van der Waals surface area contributed by atoms with E-state index in [1.165, 1.54) is 0 Å². The standard InChI is InChI=1S/C15H21N3O2/c1-3-16-15(20)17-13-5-4-10-18(14(13)19)12-8-6-11(2)7-9-12/h6-9,13H,3-5,10H2,1-2H3,(H2,16,17,20)/t13-/m0/s1. The lowest BCUT2D eigenvalue weighted by atomic mass is 10.0. The van der Waals surface area contributed by atoms with E-state index in [1.54, 1.807) is 4.90 Å². The summed E-state index contributed by atoms with van der Waals surface area (Å²) in [5.41, 5.74) is 2.05. The van der Waals surface area contributed by atoms with Crippen LogP contribution in [-0.4, -0.2) is 31.1 Å². The van der Waals surface area contributed by atoms with Crippen LogP contribution in [0.4, 0.5) is 10.5 Å². The van der Waals surface area contributed by atoms with Gasteiger partial charge >= 0.3 is 6.03 Å². The topological polar surface area (TPSA) is 61.4 Å². The van der Waals surface area contributed by atoms with E-state index in [1.807, 2.05) is 38.1 Å². The predicted octanol–water partition coefficient (Wildman–Crippen LogP) is 1.81. The van der Waals surface area contributed by atoms with Crippen molar-refractivity contribution in [3.8, 4) is 0 Å². The van der Waals surface area contributed by atoms with Gasteiger partial charge in [-0.3, -0.25) is 4.79 Å². The average molecular weight is 275 g/mol. The van der Waals surface area contributed by atoms with Crippen LogP contribution in [0.25, 0.3) is 0 Å². The molecule has 2 N–H and O–H groups in total. The van der Waals surface area contributed by atoms with Crippen LogP contribution in [0.1, 0.15) is 25.3 Å². The zero-order chi connectivity index (χ0) is 14.5. The van der Waals surface area contributed by atoms with Crippen molar-refractivity contribution in [2.75, 3.05) is 18.0 Å². The van der Waals surface area contributed by atoms with Crippen LogP contribution in [-0.2, 0) is 4.79 Å². The molecule has 1 aromatic rings. The van der Waals surface area contributed by atoms with Crippen LogP contribution in [0.3, 0.4) is 0 Å². The Hall–Kier alpha value is -2.04. The second-order valence-corrected chi connectivity index (χ2v) is 5.02. The smallest absolute Gasteiger partial charge is 0.315 e. The molecule has 0 spiro atoms. The molecule has 108 valence electrons. The van der Waals surface area contributed by atoms with Crippen molar-refractivity contribution >= 4 is 17.6 Å². The van der Waals surface area contributed by atoms with Gasteiger partial charge in [-0.15, -0.1) is 0 Å². The molecule has 1 aromatic carbocycles. The number of anilines is 1. The molecule has 1 saturated heterocycles. The normalized spacial score (nSPS) is 18.8. The van der Waals surface area contributed by atoms with Gasteiger partial charge in [0.05, 0.1) is 0 Å². The highest BCUT2D eigenvalue weighted by molar-refractivity contribution is 5.99. The minimum absolute atomic E-state index is 0.0358. The van der Waals surface area contributed by atoms with E-state index in [-0.39, 0.29) is 11.9 Å². The summed E-state index contributed by atoms with van der Waals surface area (Å²) >= 11 is 0. The maximum atomic E-state index is 12.4. The molecular weight excluding hydrogens is 254 g/mol. The number of carbonyl (C=O) groups excluding carboxylic acids is 2. The molecule has 5 nitrogen and oxygen atoms in total. The molecule has 1 fully saturated rings. The Bertz CT molecular complexity index is 484. The number of urea groups is 1. The number of nitrogens with zero attached hydrogens (tertiary/aromatic N) is 1. The summed E-state index contributed by atoms with van der Waals surface area (Å²) < 4.78 is 0. The second kappa shape index (κ2) is 6.41. The maximum absolute atomic E-state index is 12.4. The van der Waals surface area contributed by atoms with Crippen molar-refractivity contribution < 1.29 is 9.59 Å². The van der Waals surface area contributed by atoms with Crippen molar-refractivity contribution in [2.45, 2.75) is 32.7 Å². The molecule has 0 radical (unpaired) electrons. The summed E-state index contributed by atoms with van der Waals surface area (Å²) in [6, 6.07) is 7.16. The van der Waals surface area contributed by atoms with Crippen LogP contribution in [0.2, 0.25) is 0 Å². The Kier molecular flexibility index (Phi) is 4.61. The molecule has 20 heavy (non-hydrogen) atoms. The summed E-state index contributed by atoms with van der Waals surface area (Å²) in [6.45, 7) is 5.12. The molecule has 0 aliphatic carbocycles. The molecule has 0 unspecified atom stereocenters. The second-order valence-electron chi connectivity index (χ2n) is 5.02. The van der Waals surface area contributed by atoms with E-state index in [0.29, 0.717) is 19.5 Å². The minimum atomic E-state index is -0.434. The Morgan fingerprint density at radius 1 is 1.35 bits per heavy atom. The Morgan fingerprint density at radius 3 is 2.70 bits per heavy atom. The van der Waals surface area contributed by atoms with E-state index in [0.717, 1.165) is 17.7 Å². The summed E-state index contributed by atoms with van der Waals surface area (Å²) in [6.07, 6.45) is 1.58. The summed E-state index contributed by atoms with van der Waals surface area (Å²) in [7, 11) is 0. The van der Waals surface area contributed by atoms with Crippen molar-refractivity contribution in [3.63, 3.8) is 0 Å². The predicted molar refractivity (Wildman–Crippen MR) is 78.8 cm³/mol. The monoisotopic (exact) mass is 275 g/mol. The van der Waals surface area contributed by atoms with Gasteiger partial charge in [-0.05, 0) is 38.8 Å². The van der Waals surface area contributed by atoms with Gasteiger partial charge in [0, 0.05) is 18.8 Å². The van der Waals surface area contributed by atoms with E-state index >= 15 is 0 Å². The molecule has 0 saturated carbocycles. The van der Waals surface area contributed by atoms with Crippen LogP contribution in [0.15, 0.2) is 24.3 Å². The highest BCUT2D eigenvalue weighted by Gasteiger charge is 2.30. The molecule has 0 bridgehead atoms. The number of carbonyl (C=O) groups is 2. The van der Waals surface area contributed by atoms with E-state index in [9.17, 15) is 9.59 Å². The van der Waals surface area contributed by atoms with Crippen molar-refractivity contribution in [3.05, 3.63) is 29.8 Å². The largest absolute Gasteiger partial charge is 0.338 e. The third kappa shape index (κ3) is 3.29. The first kappa shape index (κ1) is 14.4. The third-order valence-electron chi connectivity index (χ3n) is 3.43. The molecule has 1 aliphatic rings. The highest BCUT2D eigenvalue weighted by Crippen LogP contribution is 2.21. The molecule has 1 aliphatic heterocycles. The molecular formula is C15H21N3O2. The van der Waals surface area contributed by atoms with Gasteiger partial charge in [0.15, 0.2) is 0 Å². The first-order chi connectivity index (χ1) is 9.61. The summed E-state index contributed by atoms with van der Waals surface area (Å²) in [5.74, 6) is -0.0358. The number of amides is 3. The van der Waals surface area contributed by atoms with Gasteiger partial charge in [0.25, 0.3) is 0 Å². The number of aryl methyl sites for hydroxylation is 1.